The number of hydrazone groups is 1. The molecule has 7 heteroatoms. The number of carbonyl (C=O) groups excluding carboxylic acids is 1. The van der Waals surface area contributed by atoms with E-state index in [4.69, 9.17) is 16.0 Å². The zero-order valence-corrected chi connectivity index (χ0v) is 14.6. The molecule has 1 aromatic heterocycles. The monoisotopic (exact) mass is 395 g/mol. The van der Waals surface area contributed by atoms with Crippen LogP contribution >= 0.6 is 27.5 Å². The number of amides is 1. The molecule has 1 aliphatic heterocycles. The van der Waals surface area contributed by atoms with E-state index in [1.807, 2.05) is 6.07 Å². The molecule has 1 amide bonds. The summed E-state index contributed by atoms with van der Waals surface area (Å²) in [7, 11) is 0. The Morgan fingerprint density at radius 2 is 2.13 bits per heavy atom. The number of rotatable bonds is 4. The number of halogens is 2. The Bertz CT molecular complexity index is 739. The molecule has 1 aliphatic rings. The maximum Gasteiger partial charge on any atom is 0.271 e. The lowest BCUT2D eigenvalue weighted by Gasteiger charge is -2.13. The molecule has 0 radical (unpaired) electrons. The maximum absolute atomic E-state index is 11.9. The molecule has 0 spiro atoms. The van der Waals surface area contributed by atoms with Gasteiger partial charge in [-0.25, -0.2) is 5.43 Å². The van der Waals surface area contributed by atoms with E-state index in [-0.39, 0.29) is 5.91 Å². The minimum absolute atomic E-state index is 0.325. The van der Waals surface area contributed by atoms with Gasteiger partial charge in [-0.05, 0) is 47.0 Å². The summed E-state index contributed by atoms with van der Waals surface area (Å²) in [4.78, 5) is 14.1. The SMILES string of the molecule is O=C(N/N=C\c1cc(Br)c(N2CCCC2)o1)c1cccc(Cl)c1. The smallest absolute Gasteiger partial charge is 0.271 e. The number of hydrogen-bond donors (Lipinski definition) is 1. The summed E-state index contributed by atoms with van der Waals surface area (Å²) in [5.74, 6) is 1.06. The lowest BCUT2D eigenvalue weighted by atomic mass is 10.2. The summed E-state index contributed by atoms with van der Waals surface area (Å²) in [6, 6.07) is 8.52. The first kappa shape index (κ1) is 16.1. The van der Waals surface area contributed by atoms with Crippen LogP contribution in [0.4, 0.5) is 5.88 Å². The number of hydrogen-bond acceptors (Lipinski definition) is 4. The molecule has 2 heterocycles. The molecule has 120 valence electrons. The molecule has 0 bridgehead atoms. The van der Waals surface area contributed by atoms with Crippen molar-refractivity contribution in [3.8, 4) is 0 Å². The highest BCUT2D eigenvalue weighted by Crippen LogP contribution is 2.31. The molecule has 2 aromatic rings. The summed E-state index contributed by atoms with van der Waals surface area (Å²) in [6.45, 7) is 1.99. The third-order valence-electron chi connectivity index (χ3n) is 3.53. The molecule has 0 aliphatic carbocycles. The van der Waals surface area contributed by atoms with Crippen LogP contribution in [0.3, 0.4) is 0 Å². The normalized spacial score (nSPS) is 14.6. The topological polar surface area (TPSA) is 57.8 Å². The minimum atomic E-state index is -0.325. The fourth-order valence-corrected chi connectivity index (χ4v) is 3.17. The molecule has 0 atom stereocenters. The van der Waals surface area contributed by atoms with Gasteiger partial charge in [-0.3, -0.25) is 4.79 Å². The predicted molar refractivity (Wildman–Crippen MR) is 94.4 cm³/mol. The third kappa shape index (κ3) is 3.95. The molecule has 1 saturated heterocycles. The standard InChI is InChI=1S/C16H15BrClN3O2/c17-14-9-13(23-16(14)21-6-1-2-7-21)10-19-20-15(22)11-4-3-5-12(18)8-11/h3-5,8-10H,1-2,6-7H2,(H,20,22)/b19-10-. The summed E-state index contributed by atoms with van der Waals surface area (Å²) in [6.07, 6.45) is 3.82. The largest absolute Gasteiger partial charge is 0.438 e. The van der Waals surface area contributed by atoms with E-state index in [0.717, 1.165) is 23.4 Å². The van der Waals surface area contributed by atoms with Crippen LogP contribution in [0, 0.1) is 0 Å². The van der Waals surface area contributed by atoms with Gasteiger partial charge in [-0.15, -0.1) is 0 Å². The molecule has 5 nitrogen and oxygen atoms in total. The van der Waals surface area contributed by atoms with Gasteiger partial charge in [0.05, 0.1) is 10.7 Å². The zero-order valence-electron chi connectivity index (χ0n) is 12.3. The highest BCUT2D eigenvalue weighted by atomic mass is 79.9. The average Bonchev–Trinajstić information content (AvgIpc) is 3.16. The van der Waals surface area contributed by atoms with E-state index in [2.05, 4.69) is 31.4 Å². The number of anilines is 1. The number of carbonyl (C=O) groups is 1. The van der Waals surface area contributed by atoms with Gasteiger partial charge in [0, 0.05) is 29.7 Å². The number of nitrogens with one attached hydrogen (secondary N) is 1. The van der Waals surface area contributed by atoms with Crippen molar-refractivity contribution in [2.75, 3.05) is 18.0 Å². The van der Waals surface area contributed by atoms with Crippen LogP contribution < -0.4 is 10.3 Å². The van der Waals surface area contributed by atoms with Crippen LogP contribution in [0.5, 0.6) is 0 Å². The summed E-state index contributed by atoms with van der Waals surface area (Å²) in [5, 5.41) is 4.43. The molecule has 1 fully saturated rings. The van der Waals surface area contributed by atoms with Crippen LogP contribution in [-0.4, -0.2) is 25.2 Å². The van der Waals surface area contributed by atoms with Crippen molar-refractivity contribution in [2.24, 2.45) is 5.10 Å². The van der Waals surface area contributed by atoms with Gasteiger partial charge in [-0.2, -0.15) is 5.10 Å². The second-order valence-electron chi connectivity index (χ2n) is 5.21. The van der Waals surface area contributed by atoms with E-state index in [1.54, 1.807) is 24.3 Å². The van der Waals surface area contributed by atoms with Crippen LogP contribution in [-0.2, 0) is 0 Å². The predicted octanol–water partition coefficient (Wildman–Crippen LogP) is 4.06. The molecule has 1 aromatic carbocycles. The van der Waals surface area contributed by atoms with E-state index >= 15 is 0 Å². The van der Waals surface area contributed by atoms with Gasteiger partial charge in [0.1, 0.15) is 0 Å². The fraction of sp³-hybridized carbons (Fsp3) is 0.250. The third-order valence-corrected chi connectivity index (χ3v) is 4.33. The van der Waals surface area contributed by atoms with Gasteiger partial charge in [0.2, 0.25) is 5.88 Å². The minimum Gasteiger partial charge on any atom is -0.438 e. The Hall–Kier alpha value is -1.79. The van der Waals surface area contributed by atoms with Crippen molar-refractivity contribution in [1.82, 2.24) is 5.43 Å². The van der Waals surface area contributed by atoms with Crippen molar-refractivity contribution in [3.05, 3.63) is 51.2 Å². The first-order chi connectivity index (χ1) is 11.1. The summed E-state index contributed by atoms with van der Waals surface area (Å²) in [5.41, 5.74) is 2.91. The molecule has 0 saturated carbocycles. The molecule has 3 rings (SSSR count). The molecular formula is C16H15BrClN3O2. The van der Waals surface area contributed by atoms with Crippen molar-refractivity contribution in [1.29, 1.82) is 0 Å². The van der Waals surface area contributed by atoms with Gasteiger partial charge in [0.25, 0.3) is 5.91 Å². The first-order valence-electron chi connectivity index (χ1n) is 7.27. The Morgan fingerprint density at radius 1 is 1.35 bits per heavy atom. The molecule has 1 N–H and O–H groups in total. The average molecular weight is 397 g/mol. The quantitative estimate of drug-likeness (QED) is 0.626. The molecule has 23 heavy (non-hydrogen) atoms. The lowest BCUT2D eigenvalue weighted by Crippen LogP contribution is -2.17. The van der Waals surface area contributed by atoms with E-state index < -0.39 is 0 Å². The lowest BCUT2D eigenvalue weighted by molar-refractivity contribution is 0.0955. The number of benzene rings is 1. The van der Waals surface area contributed by atoms with Gasteiger partial charge in [0.15, 0.2) is 5.76 Å². The fourth-order valence-electron chi connectivity index (χ4n) is 2.42. The summed E-state index contributed by atoms with van der Waals surface area (Å²) >= 11 is 9.35. The highest BCUT2D eigenvalue weighted by Gasteiger charge is 2.19. The Kier molecular flexibility index (Phi) is 5.03. The van der Waals surface area contributed by atoms with Crippen molar-refractivity contribution >= 4 is 45.5 Å². The van der Waals surface area contributed by atoms with Gasteiger partial charge in [-0.1, -0.05) is 17.7 Å². The second kappa shape index (κ2) is 7.19. The van der Waals surface area contributed by atoms with Crippen LogP contribution in [0.25, 0.3) is 0 Å². The van der Waals surface area contributed by atoms with Gasteiger partial charge >= 0.3 is 0 Å². The Balaban J connectivity index is 1.64. The van der Waals surface area contributed by atoms with Crippen molar-refractivity contribution in [3.63, 3.8) is 0 Å². The van der Waals surface area contributed by atoms with E-state index in [0.29, 0.717) is 16.3 Å². The Morgan fingerprint density at radius 3 is 2.87 bits per heavy atom. The number of nitrogens with zero attached hydrogens (tertiary/aromatic N) is 2. The molecular weight excluding hydrogens is 382 g/mol. The van der Waals surface area contributed by atoms with Crippen LogP contribution in [0.1, 0.15) is 29.0 Å². The second-order valence-corrected chi connectivity index (χ2v) is 6.50. The van der Waals surface area contributed by atoms with E-state index in [1.165, 1.54) is 19.1 Å². The zero-order chi connectivity index (χ0) is 16.2. The van der Waals surface area contributed by atoms with Crippen molar-refractivity contribution in [2.45, 2.75) is 12.8 Å². The Labute approximate surface area is 147 Å². The van der Waals surface area contributed by atoms with Crippen LogP contribution in [0.2, 0.25) is 5.02 Å². The first-order valence-corrected chi connectivity index (χ1v) is 8.44. The maximum atomic E-state index is 11.9. The van der Waals surface area contributed by atoms with Crippen molar-refractivity contribution < 1.29 is 9.21 Å². The van der Waals surface area contributed by atoms with Gasteiger partial charge < -0.3 is 9.32 Å². The number of furan rings is 1. The van der Waals surface area contributed by atoms with E-state index in [9.17, 15) is 4.79 Å². The molecule has 0 unspecified atom stereocenters. The summed E-state index contributed by atoms with van der Waals surface area (Å²) < 4.78 is 6.65. The highest BCUT2D eigenvalue weighted by molar-refractivity contribution is 9.10. The van der Waals surface area contributed by atoms with Crippen LogP contribution in [0.15, 0.2) is 44.3 Å².